The van der Waals surface area contributed by atoms with Gasteiger partial charge in [0.2, 0.25) is 0 Å². The highest BCUT2D eigenvalue weighted by atomic mass is 79.9. The maximum Gasteiger partial charge on any atom is 0.300 e. The number of aliphatic carboxylic acids is 2. The first-order valence-corrected chi connectivity index (χ1v) is 7.97. The van der Waals surface area contributed by atoms with Gasteiger partial charge < -0.3 is 20.4 Å². The summed E-state index contributed by atoms with van der Waals surface area (Å²) in [5.74, 6) is -1.79. The average molecular weight is 413 g/mol. The molecule has 0 heterocycles. The van der Waals surface area contributed by atoms with Crippen LogP contribution in [-0.4, -0.2) is 32.4 Å². The zero-order valence-electron chi connectivity index (χ0n) is 14.2. The van der Waals surface area contributed by atoms with Crippen LogP contribution in [0.15, 0.2) is 41.4 Å². The monoisotopic (exact) mass is 412 g/mol. The third-order valence-electron chi connectivity index (χ3n) is 2.95. The summed E-state index contributed by atoms with van der Waals surface area (Å²) in [4.78, 5) is 18.0. The van der Waals surface area contributed by atoms with Crippen molar-refractivity contribution in [2.24, 2.45) is 0 Å². The number of benzene rings is 2. The number of phenols is 2. The number of rotatable bonds is 2. The van der Waals surface area contributed by atoms with Crippen molar-refractivity contribution in [3.05, 3.63) is 47.0 Å². The Kier molecular flexibility index (Phi) is 9.30. The van der Waals surface area contributed by atoms with Crippen molar-refractivity contribution in [1.29, 1.82) is 0 Å². The van der Waals surface area contributed by atoms with E-state index in [0.29, 0.717) is 9.86 Å². The van der Waals surface area contributed by atoms with Crippen LogP contribution in [0.5, 0.6) is 11.5 Å². The van der Waals surface area contributed by atoms with Crippen LogP contribution in [0.2, 0.25) is 0 Å². The fourth-order valence-corrected chi connectivity index (χ4v) is 2.73. The number of phenolic OH excluding ortho intramolecular Hbond substituents is 2. The SMILES string of the molecule is C=CC(C)c1c(Br)c(O)c(O)c2ccccc12.CC(=O)O.CC(=O)O. The second-order valence-corrected chi connectivity index (χ2v) is 5.83. The Morgan fingerprint density at radius 1 is 1.04 bits per heavy atom. The van der Waals surface area contributed by atoms with Gasteiger partial charge in [-0.3, -0.25) is 9.59 Å². The third kappa shape index (κ3) is 6.84. The summed E-state index contributed by atoms with van der Waals surface area (Å²) in [5.41, 5.74) is 0.936. The Hall–Kier alpha value is -2.54. The largest absolute Gasteiger partial charge is 0.504 e. The van der Waals surface area contributed by atoms with E-state index in [2.05, 4.69) is 22.5 Å². The summed E-state index contributed by atoms with van der Waals surface area (Å²) in [6, 6.07) is 7.45. The molecule has 4 N–H and O–H groups in total. The molecule has 0 saturated carbocycles. The predicted octanol–water partition coefficient (Wildman–Crippen LogP) is 4.48. The van der Waals surface area contributed by atoms with Crippen LogP contribution in [0.3, 0.4) is 0 Å². The fraction of sp³-hybridized carbons (Fsp3) is 0.222. The molecule has 25 heavy (non-hydrogen) atoms. The molecule has 0 spiro atoms. The highest BCUT2D eigenvalue weighted by molar-refractivity contribution is 9.10. The molecule has 0 aliphatic heterocycles. The molecule has 1 unspecified atom stereocenters. The molecular weight excluding hydrogens is 392 g/mol. The Labute approximate surface area is 154 Å². The lowest BCUT2D eigenvalue weighted by atomic mass is 9.94. The summed E-state index contributed by atoms with van der Waals surface area (Å²) < 4.78 is 0.529. The standard InChI is InChI=1S/C14H13BrO2.2C2H4O2/c1-3-8(2)11-9-6-4-5-7-10(9)13(16)14(17)12(11)15;2*1-2(3)4/h3-8,16-17H,1H2,2H3;2*1H3,(H,3,4). The van der Waals surface area contributed by atoms with Gasteiger partial charge in [0.25, 0.3) is 11.9 Å². The zero-order chi connectivity index (χ0) is 19.7. The number of carboxylic acid groups (broad SMARTS) is 2. The highest BCUT2D eigenvalue weighted by Gasteiger charge is 2.18. The van der Waals surface area contributed by atoms with Crippen LogP contribution in [0.25, 0.3) is 10.8 Å². The van der Waals surface area contributed by atoms with E-state index in [0.717, 1.165) is 24.8 Å². The van der Waals surface area contributed by atoms with Crippen molar-refractivity contribution < 1.29 is 30.0 Å². The molecule has 7 heteroatoms. The maximum atomic E-state index is 9.91. The van der Waals surface area contributed by atoms with Gasteiger partial charge in [-0.1, -0.05) is 37.3 Å². The van der Waals surface area contributed by atoms with Crippen LogP contribution in [-0.2, 0) is 9.59 Å². The predicted molar refractivity (Wildman–Crippen MR) is 100 cm³/mol. The molecule has 0 bridgehead atoms. The number of carbonyl (C=O) groups is 2. The van der Waals surface area contributed by atoms with Crippen molar-refractivity contribution in [2.45, 2.75) is 26.7 Å². The molecule has 6 nitrogen and oxygen atoms in total. The zero-order valence-corrected chi connectivity index (χ0v) is 15.7. The van der Waals surface area contributed by atoms with Gasteiger partial charge in [0.15, 0.2) is 11.5 Å². The van der Waals surface area contributed by atoms with E-state index in [4.69, 9.17) is 19.8 Å². The van der Waals surface area contributed by atoms with Crippen molar-refractivity contribution in [3.63, 3.8) is 0 Å². The molecule has 2 aromatic rings. The first kappa shape index (κ1) is 22.5. The molecule has 0 amide bonds. The Balaban J connectivity index is 0.000000609. The van der Waals surface area contributed by atoms with Crippen LogP contribution < -0.4 is 0 Å². The minimum absolute atomic E-state index is 0.0841. The minimum atomic E-state index is -0.833. The maximum absolute atomic E-state index is 9.91. The van der Waals surface area contributed by atoms with Crippen LogP contribution in [0, 0.1) is 0 Å². The van der Waals surface area contributed by atoms with Crippen LogP contribution in [0.1, 0.15) is 32.3 Å². The van der Waals surface area contributed by atoms with Gasteiger partial charge in [-0.05, 0) is 26.9 Å². The highest BCUT2D eigenvalue weighted by Crippen LogP contribution is 2.45. The molecule has 0 radical (unpaired) electrons. The van der Waals surface area contributed by atoms with Gasteiger partial charge in [-0.15, -0.1) is 6.58 Å². The number of halogens is 1. The molecule has 1 atom stereocenters. The number of hydrogen-bond acceptors (Lipinski definition) is 4. The molecule has 0 aliphatic carbocycles. The third-order valence-corrected chi connectivity index (χ3v) is 3.75. The lowest BCUT2D eigenvalue weighted by Crippen LogP contribution is -1.94. The first-order chi connectivity index (χ1) is 11.5. The Bertz CT molecular complexity index is 750. The Morgan fingerprint density at radius 2 is 1.44 bits per heavy atom. The minimum Gasteiger partial charge on any atom is -0.504 e. The van der Waals surface area contributed by atoms with Crippen molar-refractivity contribution in [1.82, 2.24) is 0 Å². The van der Waals surface area contributed by atoms with Gasteiger partial charge in [-0.25, -0.2) is 0 Å². The number of carboxylic acids is 2. The number of aromatic hydroxyl groups is 2. The van der Waals surface area contributed by atoms with E-state index in [9.17, 15) is 10.2 Å². The molecule has 2 aromatic carbocycles. The van der Waals surface area contributed by atoms with Gasteiger partial charge in [0.1, 0.15) is 0 Å². The molecule has 0 aromatic heterocycles. The summed E-state index contributed by atoms with van der Waals surface area (Å²) in [6.07, 6.45) is 1.81. The quantitative estimate of drug-likeness (QED) is 0.426. The lowest BCUT2D eigenvalue weighted by Gasteiger charge is -2.16. The van der Waals surface area contributed by atoms with E-state index in [1.807, 2.05) is 31.2 Å². The molecule has 2 rings (SSSR count). The summed E-state index contributed by atoms with van der Waals surface area (Å²) >= 11 is 3.34. The van der Waals surface area contributed by atoms with E-state index in [1.165, 1.54) is 0 Å². The number of fused-ring (bicyclic) bond motifs is 1. The molecule has 0 fully saturated rings. The second-order valence-electron chi connectivity index (χ2n) is 5.03. The van der Waals surface area contributed by atoms with Gasteiger partial charge in [-0.2, -0.15) is 0 Å². The van der Waals surface area contributed by atoms with E-state index >= 15 is 0 Å². The first-order valence-electron chi connectivity index (χ1n) is 7.18. The van der Waals surface area contributed by atoms with E-state index < -0.39 is 11.9 Å². The van der Waals surface area contributed by atoms with Crippen molar-refractivity contribution >= 4 is 38.6 Å². The summed E-state index contributed by atoms with van der Waals surface area (Å²) in [7, 11) is 0. The van der Waals surface area contributed by atoms with Gasteiger partial charge in [0.05, 0.1) is 4.47 Å². The Morgan fingerprint density at radius 3 is 1.84 bits per heavy atom. The molecule has 0 saturated heterocycles. The topological polar surface area (TPSA) is 115 Å². The fourth-order valence-electron chi connectivity index (χ4n) is 1.96. The molecule has 0 aliphatic rings. The smallest absolute Gasteiger partial charge is 0.300 e. The number of allylic oxidation sites excluding steroid dienone is 1. The van der Waals surface area contributed by atoms with Gasteiger partial charge >= 0.3 is 0 Å². The average Bonchev–Trinajstić information content (AvgIpc) is 2.51. The molecule has 136 valence electrons. The second kappa shape index (κ2) is 10.4. The number of hydrogen-bond donors (Lipinski definition) is 4. The van der Waals surface area contributed by atoms with Gasteiger partial charge in [0, 0.05) is 25.2 Å². The summed E-state index contributed by atoms with van der Waals surface area (Å²) in [5, 5.41) is 36.2. The molecular formula is C18H21BrO6. The van der Waals surface area contributed by atoms with E-state index in [1.54, 1.807) is 6.07 Å². The van der Waals surface area contributed by atoms with Crippen molar-refractivity contribution in [3.8, 4) is 11.5 Å². The van der Waals surface area contributed by atoms with Crippen LogP contribution >= 0.6 is 15.9 Å². The van der Waals surface area contributed by atoms with E-state index in [-0.39, 0.29) is 17.4 Å². The normalized spacial score (nSPS) is 10.6. The van der Waals surface area contributed by atoms with Crippen LogP contribution in [0.4, 0.5) is 0 Å². The van der Waals surface area contributed by atoms with Crippen molar-refractivity contribution in [2.75, 3.05) is 0 Å². The summed E-state index contributed by atoms with van der Waals surface area (Å²) in [6.45, 7) is 7.93. The lowest BCUT2D eigenvalue weighted by molar-refractivity contribution is -0.135.